The van der Waals surface area contributed by atoms with E-state index in [0.29, 0.717) is 25.2 Å². The maximum absolute atomic E-state index is 10.7. The molecule has 18 heavy (non-hydrogen) atoms. The zero-order valence-corrected chi connectivity index (χ0v) is 10.5. The number of carboxylic acids is 1. The van der Waals surface area contributed by atoms with Gasteiger partial charge in [-0.3, -0.25) is 4.79 Å². The zero-order chi connectivity index (χ0) is 13.5. The SMILES string of the molecule is CC(O)CCN(CCC(=O)O)c1ccccc1N. The number of carbonyl (C=O) groups is 1. The van der Waals surface area contributed by atoms with Crippen molar-refractivity contribution in [3.63, 3.8) is 0 Å². The number of benzene rings is 1. The number of rotatable bonds is 7. The molecule has 0 aliphatic rings. The minimum Gasteiger partial charge on any atom is -0.481 e. The lowest BCUT2D eigenvalue weighted by Crippen LogP contribution is -2.29. The highest BCUT2D eigenvalue weighted by Gasteiger charge is 2.12. The van der Waals surface area contributed by atoms with Gasteiger partial charge in [-0.15, -0.1) is 0 Å². The maximum atomic E-state index is 10.7. The van der Waals surface area contributed by atoms with E-state index in [9.17, 15) is 9.90 Å². The summed E-state index contributed by atoms with van der Waals surface area (Å²) in [6.45, 7) is 2.68. The Morgan fingerprint density at radius 1 is 1.39 bits per heavy atom. The van der Waals surface area contributed by atoms with Crippen molar-refractivity contribution in [1.82, 2.24) is 0 Å². The number of nitrogens with two attached hydrogens (primary N) is 1. The van der Waals surface area contributed by atoms with Gasteiger partial charge in [0.1, 0.15) is 0 Å². The number of hydrogen-bond acceptors (Lipinski definition) is 4. The van der Waals surface area contributed by atoms with Crippen molar-refractivity contribution in [1.29, 1.82) is 0 Å². The zero-order valence-electron chi connectivity index (χ0n) is 10.5. The fraction of sp³-hybridized carbons (Fsp3) is 0.462. The standard InChI is InChI=1S/C13H20N2O3/c1-10(16)6-8-15(9-7-13(17)18)12-5-3-2-4-11(12)14/h2-5,10,16H,6-9,14H2,1H3,(H,17,18). The van der Waals surface area contributed by atoms with Gasteiger partial charge in [-0.25, -0.2) is 0 Å². The molecular formula is C13H20N2O3. The Morgan fingerprint density at radius 3 is 2.61 bits per heavy atom. The van der Waals surface area contributed by atoms with Gasteiger partial charge in [0.25, 0.3) is 0 Å². The lowest BCUT2D eigenvalue weighted by Gasteiger charge is -2.26. The Morgan fingerprint density at radius 2 is 2.06 bits per heavy atom. The Hall–Kier alpha value is -1.75. The third-order valence-electron chi connectivity index (χ3n) is 2.69. The Labute approximate surface area is 107 Å². The molecule has 1 unspecified atom stereocenters. The Kier molecular flexibility index (Phi) is 5.45. The molecular weight excluding hydrogens is 232 g/mol. The van der Waals surface area contributed by atoms with Crippen molar-refractivity contribution >= 4 is 17.3 Å². The fourth-order valence-electron chi connectivity index (χ4n) is 1.70. The van der Waals surface area contributed by atoms with E-state index < -0.39 is 12.1 Å². The molecule has 0 aromatic heterocycles. The highest BCUT2D eigenvalue weighted by atomic mass is 16.4. The van der Waals surface area contributed by atoms with E-state index in [-0.39, 0.29) is 6.42 Å². The summed E-state index contributed by atoms with van der Waals surface area (Å²) in [4.78, 5) is 12.5. The summed E-state index contributed by atoms with van der Waals surface area (Å²) in [7, 11) is 0. The minimum atomic E-state index is -0.841. The molecule has 4 N–H and O–H groups in total. The van der Waals surface area contributed by atoms with Crippen LogP contribution in [0.2, 0.25) is 0 Å². The van der Waals surface area contributed by atoms with Crippen molar-refractivity contribution in [2.24, 2.45) is 0 Å². The summed E-state index contributed by atoms with van der Waals surface area (Å²) < 4.78 is 0. The maximum Gasteiger partial charge on any atom is 0.305 e. The molecule has 0 heterocycles. The second-order valence-corrected chi connectivity index (χ2v) is 4.33. The van der Waals surface area contributed by atoms with E-state index in [1.807, 2.05) is 23.1 Å². The van der Waals surface area contributed by atoms with E-state index in [0.717, 1.165) is 5.69 Å². The molecule has 0 amide bonds. The molecule has 0 bridgehead atoms. The van der Waals surface area contributed by atoms with Gasteiger partial charge in [0.15, 0.2) is 0 Å². The number of nitrogen functional groups attached to an aromatic ring is 1. The third-order valence-corrected chi connectivity index (χ3v) is 2.69. The van der Waals surface area contributed by atoms with Crippen LogP contribution in [0.5, 0.6) is 0 Å². The first kappa shape index (κ1) is 14.3. The van der Waals surface area contributed by atoms with Gasteiger partial charge in [-0.2, -0.15) is 0 Å². The van der Waals surface area contributed by atoms with Crippen LogP contribution in [0.25, 0.3) is 0 Å². The van der Waals surface area contributed by atoms with Crippen LogP contribution < -0.4 is 10.6 Å². The molecule has 0 aliphatic heterocycles. The Balaban J connectivity index is 2.75. The van der Waals surface area contributed by atoms with Crippen LogP contribution in [0.15, 0.2) is 24.3 Å². The topological polar surface area (TPSA) is 86.8 Å². The number of para-hydroxylation sites is 2. The van der Waals surface area contributed by atoms with Crippen LogP contribution >= 0.6 is 0 Å². The summed E-state index contributed by atoms with van der Waals surface area (Å²) in [5, 5.41) is 18.1. The van der Waals surface area contributed by atoms with Crippen LogP contribution in [0.3, 0.4) is 0 Å². The average molecular weight is 252 g/mol. The number of aliphatic hydroxyl groups excluding tert-OH is 1. The van der Waals surface area contributed by atoms with Gasteiger partial charge in [-0.05, 0) is 25.5 Å². The third kappa shape index (κ3) is 4.63. The normalized spacial score (nSPS) is 12.1. The van der Waals surface area contributed by atoms with E-state index in [1.54, 1.807) is 13.0 Å². The van der Waals surface area contributed by atoms with E-state index in [4.69, 9.17) is 10.8 Å². The second-order valence-electron chi connectivity index (χ2n) is 4.33. The molecule has 0 spiro atoms. The smallest absolute Gasteiger partial charge is 0.305 e. The van der Waals surface area contributed by atoms with Gasteiger partial charge >= 0.3 is 5.97 Å². The largest absolute Gasteiger partial charge is 0.481 e. The lowest BCUT2D eigenvalue weighted by atomic mass is 10.2. The molecule has 5 nitrogen and oxygen atoms in total. The monoisotopic (exact) mass is 252 g/mol. The second kappa shape index (κ2) is 6.86. The average Bonchev–Trinajstić information content (AvgIpc) is 2.30. The fourth-order valence-corrected chi connectivity index (χ4v) is 1.70. The van der Waals surface area contributed by atoms with Crippen molar-refractivity contribution in [2.45, 2.75) is 25.9 Å². The van der Waals surface area contributed by atoms with Crippen molar-refractivity contribution in [3.05, 3.63) is 24.3 Å². The number of aliphatic hydroxyl groups is 1. The lowest BCUT2D eigenvalue weighted by molar-refractivity contribution is -0.136. The van der Waals surface area contributed by atoms with Gasteiger partial charge in [0, 0.05) is 13.1 Å². The minimum absolute atomic E-state index is 0.0497. The van der Waals surface area contributed by atoms with Crippen LogP contribution in [0, 0.1) is 0 Å². The van der Waals surface area contributed by atoms with E-state index >= 15 is 0 Å². The molecule has 1 aromatic carbocycles. The molecule has 5 heteroatoms. The first-order valence-electron chi connectivity index (χ1n) is 6.00. The molecule has 1 rings (SSSR count). The molecule has 100 valence electrons. The molecule has 0 aliphatic carbocycles. The number of hydrogen-bond donors (Lipinski definition) is 3. The first-order valence-corrected chi connectivity index (χ1v) is 6.00. The van der Waals surface area contributed by atoms with Crippen molar-refractivity contribution in [3.8, 4) is 0 Å². The number of nitrogens with zero attached hydrogens (tertiary/aromatic N) is 1. The quantitative estimate of drug-likeness (QED) is 0.637. The van der Waals surface area contributed by atoms with Gasteiger partial charge in [0.2, 0.25) is 0 Å². The molecule has 0 radical (unpaired) electrons. The molecule has 0 saturated heterocycles. The van der Waals surface area contributed by atoms with Gasteiger partial charge < -0.3 is 20.8 Å². The predicted molar refractivity (Wildman–Crippen MR) is 71.6 cm³/mol. The van der Waals surface area contributed by atoms with Gasteiger partial charge in [0.05, 0.1) is 23.9 Å². The summed E-state index contributed by atoms with van der Waals surface area (Å²) in [5.41, 5.74) is 7.32. The number of anilines is 2. The number of aliphatic carboxylic acids is 1. The highest BCUT2D eigenvalue weighted by molar-refractivity contribution is 5.70. The van der Waals surface area contributed by atoms with E-state index in [1.165, 1.54) is 0 Å². The van der Waals surface area contributed by atoms with Crippen molar-refractivity contribution in [2.75, 3.05) is 23.7 Å². The molecule has 0 fully saturated rings. The molecule has 1 atom stereocenters. The summed E-state index contributed by atoms with van der Waals surface area (Å²) >= 11 is 0. The summed E-state index contributed by atoms with van der Waals surface area (Å²) in [6.07, 6.45) is 0.213. The molecule has 0 saturated carbocycles. The summed E-state index contributed by atoms with van der Waals surface area (Å²) in [5.74, 6) is -0.841. The first-order chi connectivity index (χ1) is 8.50. The number of carboxylic acid groups (broad SMARTS) is 1. The van der Waals surface area contributed by atoms with Crippen LogP contribution in [-0.2, 0) is 4.79 Å². The predicted octanol–water partition coefficient (Wildman–Crippen LogP) is 1.32. The van der Waals surface area contributed by atoms with Gasteiger partial charge in [-0.1, -0.05) is 12.1 Å². The van der Waals surface area contributed by atoms with E-state index in [2.05, 4.69) is 0 Å². The summed E-state index contributed by atoms with van der Waals surface area (Å²) in [6, 6.07) is 7.34. The molecule has 1 aromatic rings. The van der Waals surface area contributed by atoms with Crippen LogP contribution in [-0.4, -0.2) is 35.4 Å². The van der Waals surface area contributed by atoms with Crippen LogP contribution in [0.4, 0.5) is 11.4 Å². The van der Waals surface area contributed by atoms with Crippen LogP contribution in [0.1, 0.15) is 19.8 Å². The Bertz CT molecular complexity index is 394. The van der Waals surface area contributed by atoms with Crippen molar-refractivity contribution < 1.29 is 15.0 Å². The highest BCUT2D eigenvalue weighted by Crippen LogP contribution is 2.23.